The van der Waals surface area contributed by atoms with Gasteiger partial charge in [-0.2, -0.15) is 0 Å². The highest BCUT2D eigenvalue weighted by Gasteiger charge is 2.05. The van der Waals surface area contributed by atoms with Gasteiger partial charge in [0.05, 0.1) is 0 Å². The van der Waals surface area contributed by atoms with Crippen molar-refractivity contribution in [2.24, 2.45) is 5.92 Å². The van der Waals surface area contributed by atoms with Crippen LogP contribution in [0.2, 0.25) is 0 Å². The van der Waals surface area contributed by atoms with E-state index in [9.17, 15) is 0 Å². The first-order chi connectivity index (χ1) is 3.72. The standard InChI is InChI=1S/C7H16N/c1-5-6(2)7(3)8-4/h5-8H,1-4H3. The Hall–Kier alpha value is -0.0400. The van der Waals surface area contributed by atoms with Crippen molar-refractivity contribution < 1.29 is 0 Å². The van der Waals surface area contributed by atoms with Crippen molar-refractivity contribution in [2.75, 3.05) is 7.05 Å². The summed E-state index contributed by atoms with van der Waals surface area (Å²) in [5.41, 5.74) is 0. The van der Waals surface area contributed by atoms with E-state index in [2.05, 4.69) is 32.5 Å². The third kappa shape index (κ3) is 2.31. The van der Waals surface area contributed by atoms with Crippen molar-refractivity contribution in [2.45, 2.75) is 26.8 Å². The summed E-state index contributed by atoms with van der Waals surface area (Å²) in [5, 5.41) is 3.18. The second-order valence-corrected chi connectivity index (χ2v) is 2.27. The lowest BCUT2D eigenvalue weighted by Gasteiger charge is -2.15. The molecule has 0 aromatic rings. The average Bonchev–Trinajstić information content (AvgIpc) is 1.84. The molecular weight excluding hydrogens is 98.1 g/mol. The van der Waals surface area contributed by atoms with Crippen LogP contribution < -0.4 is 5.32 Å². The normalized spacial score (nSPS) is 18.0. The van der Waals surface area contributed by atoms with Crippen LogP contribution in [0.15, 0.2) is 0 Å². The number of nitrogens with one attached hydrogen (secondary N) is 1. The summed E-state index contributed by atoms with van der Waals surface area (Å²) in [6.45, 7) is 6.49. The number of hydrogen-bond donors (Lipinski definition) is 1. The van der Waals surface area contributed by atoms with Crippen LogP contribution in [0, 0.1) is 12.3 Å². The van der Waals surface area contributed by atoms with Crippen molar-refractivity contribution in [1.29, 1.82) is 0 Å². The van der Waals surface area contributed by atoms with Gasteiger partial charge in [0.2, 0.25) is 0 Å². The SMILES string of the molecule is C[CH]C(C)C(C)NC. The lowest BCUT2D eigenvalue weighted by Crippen LogP contribution is -2.28. The first kappa shape index (κ1) is 7.96. The van der Waals surface area contributed by atoms with Crippen LogP contribution in [-0.2, 0) is 0 Å². The molecule has 2 unspecified atom stereocenters. The van der Waals surface area contributed by atoms with E-state index < -0.39 is 0 Å². The highest BCUT2D eigenvalue weighted by atomic mass is 14.9. The fraction of sp³-hybridized carbons (Fsp3) is 0.857. The van der Waals surface area contributed by atoms with E-state index >= 15 is 0 Å². The second kappa shape index (κ2) is 3.90. The lowest BCUT2D eigenvalue weighted by atomic mass is 10.0. The third-order valence-electron chi connectivity index (χ3n) is 1.77. The van der Waals surface area contributed by atoms with E-state index in [-0.39, 0.29) is 0 Å². The molecule has 1 nitrogen and oxygen atoms in total. The highest BCUT2D eigenvalue weighted by molar-refractivity contribution is 4.75. The maximum Gasteiger partial charge on any atom is 0.00640 e. The van der Waals surface area contributed by atoms with Crippen molar-refractivity contribution in [3.05, 3.63) is 6.42 Å². The van der Waals surface area contributed by atoms with Crippen LogP contribution in [-0.4, -0.2) is 13.1 Å². The zero-order chi connectivity index (χ0) is 6.57. The smallest absolute Gasteiger partial charge is 0.00640 e. The maximum atomic E-state index is 3.18. The van der Waals surface area contributed by atoms with Gasteiger partial charge >= 0.3 is 0 Å². The van der Waals surface area contributed by atoms with E-state index in [0.29, 0.717) is 12.0 Å². The van der Waals surface area contributed by atoms with Crippen LogP contribution in [0.5, 0.6) is 0 Å². The minimum absolute atomic E-state index is 0.611. The monoisotopic (exact) mass is 114 g/mol. The second-order valence-electron chi connectivity index (χ2n) is 2.27. The van der Waals surface area contributed by atoms with E-state index in [1.807, 2.05) is 7.05 Å². The van der Waals surface area contributed by atoms with Crippen LogP contribution in [0.3, 0.4) is 0 Å². The molecule has 0 fully saturated rings. The molecule has 1 heteroatoms. The number of hydrogen-bond acceptors (Lipinski definition) is 1. The molecule has 0 aromatic heterocycles. The summed E-state index contributed by atoms with van der Waals surface area (Å²) in [7, 11) is 1.99. The minimum atomic E-state index is 0.611. The van der Waals surface area contributed by atoms with Gasteiger partial charge in [0.15, 0.2) is 0 Å². The number of rotatable bonds is 3. The molecule has 0 aliphatic heterocycles. The van der Waals surface area contributed by atoms with E-state index in [1.54, 1.807) is 0 Å². The Labute approximate surface area is 52.5 Å². The van der Waals surface area contributed by atoms with E-state index in [1.165, 1.54) is 0 Å². The molecule has 0 heterocycles. The Morgan fingerprint density at radius 3 is 2.00 bits per heavy atom. The van der Waals surface area contributed by atoms with Gasteiger partial charge < -0.3 is 5.32 Å². The summed E-state index contributed by atoms with van der Waals surface area (Å²) in [6.07, 6.45) is 2.21. The molecule has 1 radical (unpaired) electrons. The molecule has 1 N–H and O–H groups in total. The quantitative estimate of drug-likeness (QED) is 0.585. The topological polar surface area (TPSA) is 12.0 Å². The Balaban J connectivity index is 3.29. The molecule has 0 saturated carbocycles. The van der Waals surface area contributed by atoms with Gasteiger partial charge in [-0.1, -0.05) is 13.8 Å². The van der Waals surface area contributed by atoms with Crippen molar-refractivity contribution >= 4 is 0 Å². The fourth-order valence-corrected chi connectivity index (χ4v) is 0.552. The fourth-order valence-electron chi connectivity index (χ4n) is 0.552. The largest absolute Gasteiger partial charge is 0.317 e. The van der Waals surface area contributed by atoms with Crippen molar-refractivity contribution in [3.8, 4) is 0 Å². The molecule has 0 bridgehead atoms. The molecule has 0 aliphatic rings. The van der Waals surface area contributed by atoms with Crippen LogP contribution in [0.4, 0.5) is 0 Å². The summed E-state index contributed by atoms with van der Waals surface area (Å²) in [5.74, 6) is 0.681. The van der Waals surface area contributed by atoms with Gasteiger partial charge in [0.1, 0.15) is 0 Å². The first-order valence-corrected chi connectivity index (χ1v) is 3.19. The minimum Gasteiger partial charge on any atom is -0.317 e. The summed E-state index contributed by atoms with van der Waals surface area (Å²) in [4.78, 5) is 0. The van der Waals surface area contributed by atoms with Gasteiger partial charge in [0, 0.05) is 6.04 Å². The van der Waals surface area contributed by atoms with Gasteiger partial charge in [-0.25, -0.2) is 0 Å². The zero-order valence-corrected chi connectivity index (χ0v) is 6.23. The van der Waals surface area contributed by atoms with Crippen molar-refractivity contribution in [1.82, 2.24) is 5.32 Å². The lowest BCUT2D eigenvalue weighted by molar-refractivity contribution is 0.474. The predicted octanol–water partition coefficient (Wildman–Crippen LogP) is 1.45. The van der Waals surface area contributed by atoms with Crippen LogP contribution >= 0.6 is 0 Å². The molecule has 8 heavy (non-hydrogen) atoms. The Morgan fingerprint density at radius 2 is 1.88 bits per heavy atom. The molecular formula is C7H16N. The highest BCUT2D eigenvalue weighted by Crippen LogP contribution is 2.03. The van der Waals surface area contributed by atoms with Gasteiger partial charge in [-0.05, 0) is 26.3 Å². The molecule has 0 amide bonds. The third-order valence-corrected chi connectivity index (χ3v) is 1.77. The molecule has 0 rings (SSSR count). The Morgan fingerprint density at radius 1 is 1.38 bits per heavy atom. The summed E-state index contributed by atoms with van der Waals surface area (Å²) in [6, 6.07) is 0.611. The molecule has 0 saturated heterocycles. The molecule has 0 aliphatic carbocycles. The van der Waals surface area contributed by atoms with Crippen LogP contribution in [0.25, 0.3) is 0 Å². The van der Waals surface area contributed by atoms with Gasteiger partial charge in [0.25, 0.3) is 0 Å². The maximum absolute atomic E-state index is 3.18. The van der Waals surface area contributed by atoms with Gasteiger partial charge in [-0.15, -0.1) is 0 Å². The molecule has 0 spiro atoms. The first-order valence-electron chi connectivity index (χ1n) is 3.19. The molecule has 2 atom stereocenters. The summed E-state index contributed by atoms with van der Waals surface area (Å²) >= 11 is 0. The van der Waals surface area contributed by atoms with Gasteiger partial charge in [-0.3, -0.25) is 0 Å². The Kier molecular flexibility index (Phi) is 3.88. The van der Waals surface area contributed by atoms with E-state index in [4.69, 9.17) is 0 Å². The zero-order valence-electron chi connectivity index (χ0n) is 6.23. The van der Waals surface area contributed by atoms with Crippen molar-refractivity contribution in [3.63, 3.8) is 0 Å². The molecule has 0 aromatic carbocycles. The average molecular weight is 114 g/mol. The van der Waals surface area contributed by atoms with E-state index in [0.717, 1.165) is 0 Å². The predicted molar refractivity (Wildman–Crippen MR) is 37.7 cm³/mol. The summed E-state index contributed by atoms with van der Waals surface area (Å²) < 4.78 is 0. The Bertz CT molecular complexity index is 44.3. The molecule has 49 valence electrons. The van der Waals surface area contributed by atoms with Crippen LogP contribution in [0.1, 0.15) is 20.8 Å².